The van der Waals surface area contributed by atoms with Crippen LogP contribution in [-0.4, -0.2) is 14.6 Å². The molecule has 0 atom stereocenters. The Morgan fingerprint density at radius 1 is 1.33 bits per heavy atom. The lowest BCUT2D eigenvalue weighted by atomic mass is 10.1. The molecule has 4 heteroatoms. The lowest BCUT2D eigenvalue weighted by molar-refractivity contribution is 0.666. The van der Waals surface area contributed by atoms with Crippen LogP contribution in [0.2, 0.25) is 0 Å². The second-order valence-corrected chi connectivity index (χ2v) is 4.21. The number of hydrogen-bond donors (Lipinski definition) is 1. The summed E-state index contributed by atoms with van der Waals surface area (Å²) in [6, 6.07) is 3.71. The Kier molecular flexibility index (Phi) is 1.87. The summed E-state index contributed by atoms with van der Waals surface area (Å²) in [6.07, 6.45) is 6.94. The van der Waals surface area contributed by atoms with E-state index in [9.17, 15) is 0 Å². The van der Waals surface area contributed by atoms with Gasteiger partial charge in [0.25, 0.3) is 0 Å². The van der Waals surface area contributed by atoms with Crippen molar-refractivity contribution in [2.75, 3.05) is 5.73 Å². The van der Waals surface area contributed by atoms with E-state index < -0.39 is 0 Å². The van der Waals surface area contributed by atoms with Crippen LogP contribution in [0.3, 0.4) is 0 Å². The maximum absolute atomic E-state index is 5.71. The highest BCUT2D eigenvalue weighted by Crippen LogP contribution is 2.32. The molecular weight excluding hydrogens is 188 g/mol. The molecule has 78 valence electrons. The standard InChI is InChI=1S/C11H14N4/c12-9-5-6-15-10(7-9)13-11(14-15)8-3-1-2-4-8/h5-8H,1-4,12H2. The molecule has 0 unspecified atom stereocenters. The van der Waals surface area contributed by atoms with Gasteiger partial charge in [0.1, 0.15) is 0 Å². The van der Waals surface area contributed by atoms with Crippen molar-refractivity contribution in [3.8, 4) is 0 Å². The Morgan fingerprint density at radius 3 is 2.93 bits per heavy atom. The van der Waals surface area contributed by atoms with Gasteiger partial charge in [-0.3, -0.25) is 0 Å². The maximum atomic E-state index is 5.71. The highest BCUT2D eigenvalue weighted by atomic mass is 15.3. The third-order valence-electron chi connectivity index (χ3n) is 3.10. The number of nitrogens with two attached hydrogens (primary N) is 1. The summed E-state index contributed by atoms with van der Waals surface area (Å²) in [5, 5.41) is 4.49. The first-order valence-electron chi connectivity index (χ1n) is 5.45. The second kappa shape index (κ2) is 3.22. The van der Waals surface area contributed by atoms with Crippen LogP contribution in [0.1, 0.15) is 37.4 Å². The highest BCUT2D eigenvalue weighted by Gasteiger charge is 2.21. The summed E-state index contributed by atoms with van der Waals surface area (Å²) in [4.78, 5) is 4.53. The van der Waals surface area contributed by atoms with Gasteiger partial charge < -0.3 is 5.73 Å². The van der Waals surface area contributed by atoms with Crippen molar-refractivity contribution in [1.82, 2.24) is 14.6 Å². The molecule has 3 rings (SSSR count). The Bertz CT molecular complexity index is 482. The molecule has 0 aliphatic heterocycles. The Morgan fingerprint density at radius 2 is 2.13 bits per heavy atom. The fourth-order valence-electron chi connectivity index (χ4n) is 2.27. The van der Waals surface area contributed by atoms with Crippen molar-refractivity contribution in [2.45, 2.75) is 31.6 Å². The van der Waals surface area contributed by atoms with Crippen molar-refractivity contribution in [3.05, 3.63) is 24.2 Å². The van der Waals surface area contributed by atoms with Crippen molar-refractivity contribution >= 4 is 11.3 Å². The van der Waals surface area contributed by atoms with Crippen LogP contribution < -0.4 is 5.73 Å². The van der Waals surface area contributed by atoms with Crippen molar-refractivity contribution < 1.29 is 0 Å². The van der Waals surface area contributed by atoms with Gasteiger partial charge in [0.15, 0.2) is 11.5 Å². The van der Waals surface area contributed by atoms with Crippen LogP contribution in [0.25, 0.3) is 5.65 Å². The predicted molar refractivity (Wildman–Crippen MR) is 58.6 cm³/mol. The fraction of sp³-hybridized carbons (Fsp3) is 0.455. The Balaban J connectivity index is 2.05. The minimum Gasteiger partial charge on any atom is -0.399 e. The smallest absolute Gasteiger partial charge is 0.157 e. The van der Waals surface area contributed by atoms with E-state index in [4.69, 9.17) is 5.73 Å². The molecule has 0 amide bonds. The minimum absolute atomic E-state index is 0.561. The normalized spacial score (nSPS) is 17.6. The summed E-state index contributed by atoms with van der Waals surface area (Å²) in [5.41, 5.74) is 7.31. The molecule has 0 saturated heterocycles. The Labute approximate surface area is 88.1 Å². The molecule has 1 aliphatic rings. The zero-order valence-corrected chi connectivity index (χ0v) is 8.56. The molecule has 1 aliphatic carbocycles. The molecule has 2 aromatic rings. The van der Waals surface area contributed by atoms with Gasteiger partial charge in [-0.2, -0.15) is 5.10 Å². The van der Waals surface area contributed by atoms with E-state index in [0.29, 0.717) is 5.92 Å². The molecule has 0 bridgehead atoms. The topological polar surface area (TPSA) is 56.2 Å². The zero-order chi connectivity index (χ0) is 10.3. The third-order valence-corrected chi connectivity index (χ3v) is 3.10. The maximum Gasteiger partial charge on any atom is 0.157 e. The number of anilines is 1. The first kappa shape index (κ1) is 8.71. The van der Waals surface area contributed by atoms with E-state index in [-0.39, 0.29) is 0 Å². The summed E-state index contributed by atoms with van der Waals surface area (Å²) in [7, 11) is 0. The van der Waals surface area contributed by atoms with Crippen LogP contribution in [0.15, 0.2) is 18.3 Å². The number of nitrogen functional groups attached to an aromatic ring is 1. The lowest BCUT2D eigenvalue weighted by Gasteiger charge is -2.00. The molecule has 0 spiro atoms. The number of pyridine rings is 1. The van der Waals surface area contributed by atoms with Gasteiger partial charge in [-0.25, -0.2) is 9.50 Å². The summed E-state index contributed by atoms with van der Waals surface area (Å²) in [6.45, 7) is 0. The molecule has 1 saturated carbocycles. The average Bonchev–Trinajstić information content (AvgIpc) is 2.84. The van der Waals surface area contributed by atoms with Crippen LogP contribution in [0.5, 0.6) is 0 Å². The van der Waals surface area contributed by atoms with Crippen LogP contribution >= 0.6 is 0 Å². The summed E-state index contributed by atoms with van der Waals surface area (Å²) < 4.78 is 1.81. The predicted octanol–water partition coefficient (Wildman–Crippen LogP) is 1.97. The van der Waals surface area contributed by atoms with Crippen molar-refractivity contribution in [1.29, 1.82) is 0 Å². The third kappa shape index (κ3) is 1.46. The number of fused-ring (bicyclic) bond motifs is 1. The van der Waals surface area contributed by atoms with Gasteiger partial charge in [0.05, 0.1) is 0 Å². The lowest BCUT2D eigenvalue weighted by Crippen LogP contribution is -1.95. The quantitative estimate of drug-likeness (QED) is 0.769. The number of aromatic nitrogens is 3. The van der Waals surface area contributed by atoms with Crippen molar-refractivity contribution in [3.63, 3.8) is 0 Å². The molecule has 4 nitrogen and oxygen atoms in total. The first-order chi connectivity index (χ1) is 7.33. The summed E-state index contributed by atoms with van der Waals surface area (Å²) in [5.74, 6) is 1.55. The number of hydrogen-bond acceptors (Lipinski definition) is 3. The van der Waals surface area contributed by atoms with Crippen LogP contribution in [0, 0.1) is 0 Å². The minimum atomic E-state index is 0.561. The van der Waals surface area contributed by atoms with Gasteiger partial charge in [0.2, 0.25) is 0 Å². The number of nitrogens with zero attached hydrogens (tertiary/aromatic N) is 3. The molecule has 1 fully saturated rings. The monoisotopic (exact) mass is 202 g/mol. The zero-order valence-electron chi connectivity index (χ0n) is 8.56. The molecule has 2 N–H and O–H groups in total. The molecular formula is C11H14N4. The van der Waals surface area contributed by atoms with Gasteiger partial charge in [-0.15, -0.1) is 0 Å². The fourth-order valence-corrected chi connectivity index (χ4v) is 2.27. The molecule has 2 aromatic heterocycles. The largest absolute Gasteiger partial charge is 0.399 e. The van der Waals surface area contributed by atoms with E-state index in [1.54, 1.807) is 0 Å². The van der Waals surface area contributed by atoms with E-state index >= 15 is 0 Å². The highest BCUT2D eigenvalue weighted by molar-refractivity contribution is 5.50. The average molecular weight is 202 g/mol. The van der Waals surface area contributed by atoms with E-state index in [2.05, 4.69) is 10.1 Å². The molecule has 0 aromatic carbocycles. The molecule has 15 heavy (non-hydrogen) atoms. The second-order valence-electron chi connectivity index (χ2n) is 4.21. The van der Waals surface area contributed by atoms with E-state index in [1.165, 1.54) is 25.7 Å². The summed E-state index contributed by atoms with van der Waals surface area (Å²) >= 11 is 0. The molecule has 2 heterocycles. The van der Waals surface area contributed by atoms with Crippen molar-refractivity contribution in [2.24, 2.45) is 0 Å². The van der Waals surface area contributed by atoms with Crippen LogP contribution in [0.4, 0.5) is 5.69 Å². The SMILES string of the molecule is Nc1ccn2nc(C3CCCC3)nc2c1. The molecule has 0 radical (unpaired) electrons. The first-order valence-corrected chi connectivity index (χ1v) is 5.45. The number of rotatable bonds is 1. The van der Waals surface area contributed by atoms with Gasteiger partial charge in [-0.05, 0) is 18.9 Å². The van der Waals surface area contributed by atoms with Gasteiger partial charge >= 0.3 is 0 Å². The Hall–Kier alpha value is -1.58. The van der Waals surface area contributed by atoms with E-state index in [0.717, 1.165) is 17.2 Å². The van der Waals surface area contributed by atoms with Gasteiger partial charge in [-0.1, -0.05) is 12.8 Å². The van der Waals surface area contributed by atoms with E-state index in [1.807, 2.05) is 22.8 Å². The van der Waals surface area contributed by atoms with Crippen LogP contribution in [-0.2, 0) is 0 Å². The van der Waals surface area contributed by atoms with Gasteiger partial charge in [0, 0.05) is 23.9 Å².